The highest BCUT2D eigenvalue weighted by molar-refractivity contribution is 5.28. The number of anilines is 1. The lowest BCUT2D eigenvalue weighted by Gasteiger charge is -2.27. The zero-order chi connectivity index (χ0) is 13.7. The third-order valence-corrected chi connectivity index (χ3v) is 3.46. The van der Waals surface area contributed by atoms with Crippen molar-refractivity contribution in [1.82, 2.24) is 9.97 Å². The molecule has 0 radical (unpaired) electrons. The zero-order valence-electron chi connectivity index (χ0n) is 11.9. The predicted molar refractivity (Wildman–Crippen MR) is 76.2 cm³/mol. The standard InChI is InChI=1S/C14H24N4O/c1-11(15)7-13-8-16-14(17-9-13)18(2)10-12-3-5-19-6-4-12/h8-9,11-12H,3-7,10,15H2,1-2H3. The van der Waals surface area contributed by atoms with Crippen molar-refractivity contribution in [3.8, 4) is 0 Å². The van der Waals surface area contributed by atoms with Gasteiger partial charge in [0.05, 0.1) is 0 Å². The molecule has 1 fully saturated rings. The monoisotopic (exact) mass is 264 g/mol. The number of nitrogens with two attached hydrogens (primary N) is 1. The first-order valence-electron chi connectivity index (χ1n) is 7.00. The highest BCUT2D eigenvalue weighted by Crippen LogP contribution is 2.17. The highest BCUT2D eigenvalue weighted by Gasteiger charge is 2.17. The van der Waals surface area contributed by atoms with Crippen molar-refractivity contribution >= 4 is 5.95 Å². The summed E-state index contributed by atoms with van der Waals surface area (Å²) in [5, 5.41) is 0. The average Bonchev–Trinajstić information content (AvgIpc) is 2.40. The van der Waals surface area contributed by atoms with Crippen molar-refractivity contribution in [1.29, 1.82) is 0 Å². The first-order valence-corrected chi connectivity index (χ1v) is 7.00. The van der Waals surface area contributed by atoms with Gasteiger partial charge in [-0.1, -0.05) is 0 Å². The van der Waals surface area contributed by atoms with Crippen LogP contribution in [0.2, 0.25) is 0 Å². The lowest BCUT2D eigenvalue weighted by Crippen LogP contribution is -2.30. The van der Waals surface area contributed by atoms with E-state index in [1.165, 1.54) is 0 Å². The topological polar surface area (TPSA) is 64.3 Å². The molecule has 0 saturated carbocycles. The van der Waals surface area contributed by atoms with Crippen molar-refractivity contribution in [2.75, 3.05) is 31.7 Å². The van der Waals surface area contributed by atoms with Crippen LogP contribution in [0.1, 0.15) is 25.3 Å². The Labute approximate surface area is 115 Å². The van der Waals surface area contributed by atoms with Gasteiger partial charge in [0.1, 0.15) is 0 Å². The van der Waals surface area contributed by atoms with Crippen LogP contribution in [0.25, 0.3) is 0 Å². The molecular formula is C14H24N4O. The van der Waals surface area contributed by atoms with E-state index < -0.39 is 0 Å². The summed E-state index contributed by atoms with van der Waals surface area (Å²) >= 11 is 0. The molecular weight excluding hydrogens is 240 g/mol. The summed E-state index contributed by atoms with van der Waals surface area (Å²) in [4.78, 5) is 11.0. The fraction of sp³-hybridized carbons (Fsp3) is 0.714. The van der Waals surface area contributed by atoms with E-state index in [-0.39, 0.29) is 6.04 Å². The van der Waals surface area contributed by atoms with E-state index in [4.69, 9.17) is 10.5 Å². The summed E-state index contributed by atoms with van der Waals surface area (Å²) in [5.41, 5.74) is 6.86. The molecule has 106 valence electrons. The molecule has 0 aliphatic carbocycles. The van der Waals surface area contributed by atoms with E-state index >= 15 is 0 Å². The molecule has 0 amide bonds. The van der Waals surface area contributed by atoms with Crippen molar-refractivity contribution in [2.45, 2.75) is 32.2 Å². The number of aromatic nitrogens is 2. The molecule has 0 bridgehead atoms. The quantitative estimate of drug-likeness (QED) is 0.866. The van der Waals surface area contributed by atoms with Crippen LogP contribution < -0.4 is 10.6 Å². The van der Waals surface area contributed by atoms with E-state index in [1.54, 1.807) is 0 Å². The second-order valence-electron chi connectivity index (χ2n) is 5.51. The largest absolute Gasteiger partial charge is 0.381 e. The minimum Gasteiger partial charge on any atom is -0.381 e. The summed E-state index contributed by atoms with van der Waals surface area (Å²) in [6.45, 7) is 4.75. The Bertz CT molecular complexity index is 374. The summed E-state index contributed by atoms with van der Waals surface area (Å²) in [7, 11) is 2.05. The van der Waals surface area contributed by atoms with E-state index in [9.17, 15) is 0 Å². The fourth-order valence-electron chi connectivity index (χ4n) is 2.42. The third kappa shape index (κ3) is 4.44. The molecule has 0 spiro atoms. The number of ether oxygens (including phenoxy) is 1. The first kappa shape index (κ1) is 14.2. The van der Waals surface area contributed by atoms with E-state index in [0.717, 1.165) is 50.5 Å². The van der Waals surface area contributed by atoms with Gasteiger partial charge in [-0.25, -0.2) is 9.97 Å². The summed E-state index contributed by atoms with van der Waals surface area (Å²) in [6, 6.07) is 0.148. The maximum absolute atomic E-state index is 5.77. The number of hydrogen-bond acceptors (Lipinski definition) is 5. The first-order chi connectivity index (χ1) is 9.15. The lowest BCUT2D eigenvalue weighted by molar-refractivity contribution is 0.0684. The zero-order valence-corrected chi connectivity index (χ0v) is 11.9. The van der Waals surface area contributed by atoms with Gasteiger partial charge in [-0.2, -0.15) is 0 Å². The molecule has 1 aromatic heterocycles. The summed E-state index contributed by atoms with van der Waals surface area (Å²) in [6.07, 6.45) is 6.85. The van der Waals surface area contributed by atoms with Gasteiger partial charge in [0.15, 0.2) is 0 Å². The molecule has 0 aromatic carbocycles. The van der Waals surface area contributed by atoms with Crippen molar-refractivity contribution in [3.63, 3.8) is 0 Å². The van der Waals surface area contributed by atoms with Gasteiger partial charge in [0, 0.05) is 45.2 Å². The maximum atomic E-state index is 5.77. The predicted octanol–water partition coefficient (Wildman–Crippen LogP) is 1.23. The van der Waals surface area contributed by atoms with Gasteiger partial charge >= 0.3 is 0 Å². The molecule has 2 rings (SSSR count). The second-order valence-corrected chi connectivity index (χ2v) is 5.51. The number of nitrogens with zero attached hydrogens (tertiary/aromatic N) is 3. The van der Waals surface area contributed by atoms with Crippen LogP contribution in [0.5, 0.6) is 0 Å². The van der Waals surface area contributed by atoms with Crippen LogP contribution in [-0.4, -0.2) is 42.8 Å². The normalized spacial score (nSPS) is 18.3. The van der Waals surface area contributed by atoms with Crippen LogP contribution in [0, 0.1) is 5.92 Å². The fourth-order valence-corrected chi connectivity index (χ4v) is 2.42. The van der Waals surface area contributed by atoms with Gasteiger partial charge in [0.2, 0.25) is 5.95 Å². The van der Waals surface area contributed by atoms with E-state index in [0.29, 0.717) is 5.92 Å². The van der Waals surface area contributed by atoms with Crippen LogP contribution in [0.3, 0.4) is 0 Å². The van der Waals surface area contributed by atoms with Gasteiger partial charge in [-0.3, -0.25) is 0 Å². The van der Waals surface area contributed by atoms with Crippen LogP contribution in [0.15, 0.2) is 12.4 Å². The molecule has 1 saturated heterocycles. The number of hydrogen-bond donors (Lipinski definition) is 1. The van der Waals surface area contributed by atoms with E-state index in [1.807, 2.05) is 19.3 Å². The van der Waals surface area contributed by atoms with Crippen molar-refractivity contribution in [3.05, 3.63) is 18.0 Å². The lowest BCUT2D eigenvalue weighted by atomic mass is 10.00. The Hall–Kier alpha value is -1.20. The van der Waals surface area contributed by atoms with Gasteiger partial charge in [-0.15, -0.1) is 0 Å². The number of rotatable bonds is 5. The molecule has 1 aliphatic heterocycles. The molecule has 1 unspecified atom stereocenters. The van der Waals surface area contributed by atoms with Crippen molar-refractivity contribution < 1.29 is 4.74 Å². The van der Waals surface area contributed by atoms with Gasteiger partial charge in [0.25, 0.3) is 0 Å². The molecule has 1 aromatic rings. The van der Waals surface area contributed by atoms with E-state index in [2.05, 4.69) is 21.9 Å². The molecule has 19 heavy (non-hydrogen) atoms. The highest BCUT2D eigenvalue weighted by atomic mass is 16.5. The molecule has 2 heterocycles. The van der Waals surface area contributed by atoms with Gasteiger partial charge < -0.3 is 15.4 Å². The van der Waals surface area contributed by atoms with Crippen LogP contribution in [-0.2, 0) is 11.2 Å². The van der Waals surface area contributed by atoms with Crippen LogP contribution >= 0.6 is 0 Å². The Morgan fingerprint density at radius 3 is 2.58 bits per heavy atom. The molecule has 2 N–H and O–H groups in total. The van der Waals surface area contributed by atoms with Crippen LogP contribution in [0.4, 0.5) is 5.95 Å². The molecule has 1 atom stereocenters. The molecule has 5 heteroatoms. The maximum Gasteiger partial charge on any atom is 0.224 e. The van der Waals surface area contributed by atoms with Crippen molar-refractivity contribution in [2.24, 2.45) is 11.7 Å². The Balaban J connectivity index is 1.89. The minimum absolute atomic E-state index is 0.148. The Morgan fingerprint density at radius 2 is 2.00 bits per heavy atom. The SMILES string of the molecule is CC(N)Cc1cnc(N(C)CC2CCOCC2)nc1. The van der Waals surface area contributed by atoms with Gasteiger partial charge in [-0.05, 0) is 37.7 Å². The average molecular weight is 264 g/mol. The summed E-state index contributed by atoms with van der Waals surface area (Å²) < 4.78 is 5.38. The smallest absolute Gasteiger partial charge is 0.224 e. The molecule has 5 nitrogen and oxygen atoms in total. The third-order valence-electron chi connectivity index (χ3n) is 3.46. The minimum atomic E-state index is 0.148. The Morgan fingerprint density at radius 1 is 1.37 bits per heavy atom. The Kier molecular flexibility index (Phi) is 5.10. The molecule has 1 aliphatic rings. The summed E-state index contributed by atoms with van der Waals surface area (Å²) in [5.74, 6) is 1.48. The second kappa shape index (κ2) is 6.82.